The molecular weight excluding hydrogens is 186 g/mol. The molecule has 0 aromatic heterocycles. The average molecular weight is 203 g/mol. The van der Waals surface area contributed by atoms with Gasteiger partial charge in [-0.15, -0.1) is 0 Å². The van der Waals surface area contributed by atoms with Crippen molar-refractivity contribution in [2.45, 2.75) is 31.7 Å². The minimum absolute atomic E-state index is 0.223. The molecule has 1 aromatic rings. The molecule has 0 heterocycles. The zero-order chi connectivity index (χ0) is 10.7. The lowest BCUT2D eigenvalue weighted by Gasteiger charge is -2.09. The van der Waals surface area contributed by atoms with E-state index in [9.17, 15) is 4.79 Å². The molecule has 2 heteroatoms. The van der Waals surface area contributed by atoms with E-state index in [2.05, 4.69) is 0 Å². The molecule has 1 saturated carbocycles. The molecule has 0 radical (unpaired) electrons. The Morgan fingerprint density at radius 1 is 1.33 bits per heavy atom. The second-order valence-corrected chi connectivity index (χ2v) is 4.41. The monoisotopic (exact) mass is 203 g/mol. The summed E-state index contributed by atoms with van der Waals surface area (Å²) < 4.78 is 0. The highest BCUT2D eigenvalue weighted by Gasteiger charge is 2.26. The lowest BCUT2D eigenvalue weighted by molar-refractivity contribution is -0.120. The molecular formula is C13H17NO. The van der Waals surface area contributed by atoms with Gasteiger partial charge < -0.3 is 5.73 Å². The molecule has 0 saturated heterocycles. The number of nitrogens with two attached hydrogens (primary N) is 1. The number of hydrogen-bond donors (Lipinski definition) is 1. The number of carbonyl (C=O) groups excluding carboxylic acids is 1. The first-order chi connectivity index (χ1) is 7.25. The van der Waals surface area contributed by atoms with Crippen molar-refractivity contribution in [3.8, 4) is 0 Å². The fourth-order valence-corrected chi connectivity index (χ4v) is 1.74. The Morgan fingerprint density at radius 3 is 2.60 bits per heavy atom. The van der Waals surface area contributed by atoms with Crippen molar-refractivity contribution in [1.29, 1.82) is 0 Å². The van der Waals surface area contributed by atoms with Gasteiger partial charge in [0.15, 0.2) is 0 Å². The number of ketones is 1. The SMILES string of the molecule is NC(Cc1ccccc1)C(=O)CC1CC1. The van der Waals surface area contributed by atoms with Crippen LogP contribution in [0.1, 0.15) is 24.8 Å². The molecule has 1 fully saturated rings. The van der Waals surface area contributed by atoms with Crippen LogP contribution in [0.2, 0.25) is 0 Å². The van der Waals surface area contributed by atoms with Crippen molar-refractivity contribution in [3.05, 3.63) is 35.9 Å². The second-order valence-electron chi connectivity index (χ2n) is 4.41. The van der Waals surface area contributed by atoms with Crippen LogP contribution in [0, 0.1) is 5.92 Å². The van der Waals surface area contributed by atoms with Crippen molar-refractivity contribution in [2.24, 2.45) is 11.7 Å². The molecule has 0 aliphatic heterocycles. The molecule has 2 nitrogen and oxygen atoms in total. The Morgan fingerprint density at radius 2 is 2.00 bits per heavy atom. The molecule has 0 spiro atoms. The van der Waals surface area contributed by atoms with Gasteiger partial charge in [-0.25, -0.2) is 0 Å². The van der Waals surface area contributed by atoms with Crippen molar-refractivity contribution >= 4 is 5.78 Å². The molecule has 1 aromatic carbocycles. The third-order valence-electron chi connectivity index (χ3n) is 2.90. The number of benzene rings is 1. The van der Waals surface area contributed by atoms with Crippen molar-refractivity contribution in [1.82, 2.24) is 0 Å². The minimum Gasteiger partial charge on any atom is -0.321 e. The predicted molar refractivity (Wildman–Crippen MR) is 60.5 cm³/mol. The normalized spacial score (nSPS) is 17.4. The van der Waals surface area contributed by atoms with Crippen LogP contribution in [-0.2, 0) is 11.2 Å². The lowest BCUT2D eigenvalue weighted by Crippen LogP contribution is -2.32. The van der Waals surface area contributed by atoms with Crippen LogP contribution in [0.4, 0.5) is 0 Å². The maximum Gasteiger partial charge on any atom is 0.150 e. The Labute approximate surface area is 90.5 Å². The molecule has 1 atom stereocenters. The van der Waals surface area contributed by atoms with E-state index in [0.29, 0.717) is 18.8 Å². The van der Waals surface area contributed by atoms with Gasteiger partial charge in [0, 0.05) is 6.42 Å². The third-order valence-corrected chi connectivity index (χ3v) is 2.90. The highest BCUT2D eigenvalue weighted by Crippen LogP contribution is 2.32. The van der Waals surface area contributed by atoms with Gasteiger partial charge in [-0.1, -0.05) is 30.3 Å². The topological polar surface area (TPSA) is 43.1 Å². The van der Waals surface area contributed by atoms with E-state index in [1.807, 2.05) is 30.3 Å². The molecule has 1 unspecified atom stereocenters. The van der Waals surface area contributed by atoms with Crippen LogP contribution in [0.15, 0.2) is 30.3 Å². The van der Waals surface area contributed by atoms with Crippen LogP contribution < -0.4 is 5.73 Å². The maximum absolute atomic E-state index is 11.7. The molecule has 1 aliphatic rings. The summed E-state index contributed by atoms with van der Waals surface area (Å²) in [5.41, 5.74) is 7.02. The summed E-state index contributed by atoms with van der Waals surface area (Å²) in [5.74, 6) is 0.862. The molecule has 2 rings (SSSR count). The zero-order valence-electron chi connectivity index (χ0n) is 8.86. The smallest absolute Gasteiger partial charge is 0.150 e. The van der Waals surface area contributed by atoms with Crippen molar-refractivity contribution < 1.29 is 4.79 Å². The highest BCUT2D eigenvalue weighted by molar-refractivity contribution is 5.84. The van der Waals surface area contributed by atoms with Gasteiger partial charge in [-0.2, -0.15) is 0 Å². The highest BCUT2D eigenvalue weighted by atomic mass is 16.1. The van der Waals surface area contributed by atoms with Gasteiger partial charge in [-0.05, 0) is 30.7 Å². The van der Waals surface area contributed by atoms with Gasteiger partial charge in [0.1, 0.15) is 5.78 Å². The number of Topliss-reactive ketones (excluding diaryl/α,β-unsaturated/α-hetero) is 1. The summed E-state index contributed by atoms with van der Waals surface area (Å²) in [6, 6.07) is 9.66. The first-order valence-electron chi connectivity index (χ1n) is 5.58. The Balaban J connectivity index is 1.85. The number of hydrogen-bond acceptors (Lipinski definition) is 2. The predicted octanol–water partition coefficient (Wildman–Crippen LogP) is 1.93. The summed E-state index contributed by atoms with van der Waals surface area (Å²) in [6.45, 7) is 0. The van der Waals surface area contributed by atoms with E-state index >= 15 is 0 Å². The summed E-state index contributed by atoms with van der Waals surface area (Å²) in [4.78, 5) is 11.7. The Bertz CT molecular complexity index is 330. The Kier molecular flexibility index (Phi) is 3.17. The maximum atomic E-state index is 11.7. The summed E-state index contributed by atoms with van der Waals surface area (Å²) in [7, 11) is 0. The summed E-state index contributed by atoms with van der Waals surface area (Å²) in [6.07, 6.45) is 3.79. The molecule has 80 valence electrons. The van der Waals surface area contributed by atoms with E-state index in [1.165, 1.54) is 12.8 Å². The van der Waals surface area contributed by atoms with Crippen LogP contribution in [-0.4, -0.2) is 11.8 Å². The molecule has 1 aliphatic carbocycles. The van der Waals surface area contributed by atoms with E-state index in [1.54, 1.807) is 0 Å². The van der Waals surface area contributed by atoms with Gasteiger partial charge >= 0.3 is 0 Å². The van der Waals surface area contributed by atoms with Gasteiger partial charge in [0.25, 0.3) is 0 Å². The fraction of sp³-hybridized carbons (Fsp3) is 0.462. The fourth-order valence-electron chi connectivity index (χ4n) is 1.74. The number of rotatable bonds is 5. The van der Waals surface area contributed by atoms with E-state index < -0.39 is 0 Å². The van der Waals surface area contributed by atoms with Crippen molar-refractivity contribution in [2.75, 3.05) is 0 Å². The largest absolute Gasteiger partial charge is 0.321 e. The molecule has 0 amide bonds. The van der Waals surface area contributed by atoms with E-state index in [0.717, 1.165) is 5.56 Å². The van der Waals surface area contributed by atoms with E-state index in [4.69, 9.17) is 5.73 Å². The molecule has 15 heavy (non-hydrogen) atoms. The molecule has 2 N–H and O–H groups in total. The van der Waals surface area contributed by atoms with Crippen LogP contribution in [0.25, 0.3) is 0 Å². The van der Waals surface area contributed by atoms with Gasteiger partial charge in [0.2, 0.25) is 0 Å². The van der Waals surface area contributed by atoms with Crippen molar-refractivity contribution in [3.63, 3.8) is 0 Å². The average Bonchev–Trinajstić information content (AvgIpc) is 3.03. The van der Waals surface area contributed by atoms with Crippen LogP contribution in [0.5, 0.6) is 0 Å². The number of carbonyl (C=O) groups is 1. The van der Waals surface area contributed by atoms with Gasteiger partial charge in [0.05, 0.1) is 6.04 Å². The second kappa shape index (κ2) is 4.58. The third kappa shape index (κ3) is 3.17. The van der Waals surface area contributed by atoms with E-state index in [-0.39, 0.29) is 11.8 Å². The van der Waals surface area contributed by atoms with Gasteiger partial charge in [-0.3, -0.25) is 4.79 Å². The minimum atomic E-state index is -0.312. The Hall–Kier alpha value is -1.15. The lowest BCUT2D eigenvalue weighted by atomic mass is 10.0. The summed E-state index contributed by atoms with van der Waals surface area (Å²) >= 11 is 0. The van der Waals surface area contributed by atoms with Crippen LogP contribution >= 0.6 is 0 Å². The van der Waals surface area contributed by atoms with Crippen LogP contribution in [0.3, 0.4) is 0 Å². The first kappa shape index (κ1) is 10.4. The summed E-state index contributed by atoms with van der Waals surface area (Å²) in [5, 5.41) is 0. The quantitative estimate of drug-likeness (QED) is 0.794. The molecule has 0 bridgehead atoms. The first-order valence-corrected chi connectivity index (χ1v) is 5.58. The standard InChI is InChI=1S/C13H17NO/c14-12(13(15)9-11-6-7-11)8-10-4-2-1-3-5-10/h1-5,11-12H,6-9,14H2. The zero-order valence-corrected chi connectivity index (χ0v) is 8.86.